The summed E-state index contributed by atoms with van der Waals surface area (Å²) in [5.41, 5.74) is 5.03. The van der Waals surface area contributed by atoms with Gasteiger partial charge in [0, 0.05) is 13.1 Å². The molecule has 29 heavy (non-hydrogen) atoms. The van der Waals surface area contributed by atoms with E-state index in [0.29, 0.717) is 19.4 Å². The first kappa shape index (κ1) is 24.1. The van der Waals surface area contributed by atoms with Crippen molar-refractivity contribution in [1.82, 2.24) is 16.3 Å². The van der Waals surface area contributed by atoms with Crippen molar-refractivity contribution >= 4 is 23.8 Å². The van der Waals surface area contributed by atoms with Crippen LogP contribution in [0.3, 0.4) is 0 Å². The van der Waals surface area contributed by atoms with Crippen LogP contribution in [-0.4, -0.2) is 70.2 Å². The van der Waals surface area contributed by atoms with Gasteiger partial charge in [0.15, 0.2) is 11.7 Å². The number of benzene rings is 1. The smallest absolute Gasteiger partial charge is 0.207 e. The first-order chi connectivity index (χ1) is 13.9. The maximum Gasteiger partial charge on any atom is 0.207 e. The van der Waals surface area contributed by atoms with Crippen LogP contribution in [0.15, 0.2) is 28.2 Å². The first-order valence-electron chi connectivity index (χ1n) is 8.67. The molecule has 1 aromatic rings. The van der Waals surface area contributed by atoms with Crippen molar-refractivity contribution in [2.45, 2.75) is 25.5 Å². The highest BCUT2D eigenvalue weighted by Crippen LogP contribution is 2.36. The van der Waals surface area contributed by atoms with Crippen LogP contribution < -0.4 is 16.3 Å². The third-order valence-corrected chi connectivity index (χ3v) is 3.81. The van der Waals surface area contributed by atoms with E-state index in [4.69, 9.17) is 26.0 Å². The molecule has 0 spiro atoms. The number of aliphatic imine (C=N–C) groups is 2. The quantitative estimate of drug-likeness (QED) is 0.120. The zero-order valence-corrected chi connectivity index (χ0v) is 15.8. The molecule has 2 atom stereocenters. The van der Waals surface area contributed by atoms with Gasteiger partial charge in [-0.1, -0.05) is 6.07 Å². The first-order valence-corrected chi connectivity index (χ1v) is 8.67. The van der Waals surface area contributed by atoms with E-state index in [9.17, 15) is 9.18 Å². The molecule has 1 aliphatic rings. The highest BCUT2D eigenvalue weighted by molar-refractivity contribution is 6.66. The molecule has 0 bridgehead atoms. The predicted molar refractivity (Wildman–Crippen MR) is 103 cm³/mol. The molecule has 0 aliphatic heterocycles. The van der Waals surface area contributed by atoms with Gasteiger partial charge in [-0.15, -0.1) is 0 Å². The molecule has 1 amide bonds. The Bertz CT molecular complexity index is 758. The van der Waals surface area contributed by atoms with Gasteiger partial charge >= 0.3 is 0 Å². The van der Waals surface area contributed by atoms with E-state index in [-0.39, 0.29) is 42.4 Å². The van der Waals surface area contributed by atoms with Crippen molar-refractivity contribution in [3.05, 3.63) is 35.1 Å². The Balaban J connectivity index is 0.000000447. The highest BCUT2D eigenvalue weighted by atomic mass is 19.1. The van der Waals surface area contributed by atoms with E-state index in [1.807, 2.05) is 5.48 Å². The van der Waals surface area contributed by atoms with Gasteiger partial charge < -0.3 is 15.5 Å². The summed E-state index contributed by atoms with van der Waals surface area (Å²) in [4.78, 5) is 17.5. The summed E-state index contributed by atoms with van der Waals surface area (Å²) in [6.45, 7) is 1.88. The molecule has 0 saturated heterocycles. The predicted octanol–water partition coefficient (Wildman–Crippen LogP) is -0.697. The monoisotopic (exact) mass is 412 g/mol. The largest absolute Gasteiger partial charge is 0.394 e. The lowest BCUT2D eigenvalue weighted by molar-refractivity contribution is -0.110. The topological polar surface area (TPSA) is 183 Å². The number of hydrogen-bond donors (Lipinski definition) is 8. The Morgan fingerprint density at radius 1 is 1.38 bits per heavy atom. The summed E-state index contributed by atoms with van der Waals surface area (Å²) in [5.74, 6) is -0.618. The Morgan fingerprint density at radius 3 is 2.62 bits per heavy atom. The average molecular weight is 412 g/mol. The molecule has 12 heteroatoms. The molecular formula is C17H25FN6O5. The SMILES string of the molecule is CCN=C(NO)C(=N)C(=NC1Cc2ccc(F)cc21)NO.O=CNCC(O)CO. The number of aliphatic hydroxyl groups excluding tert-OH is 2. The van der Waals surface area contributed by atoms with Gasteiger partial charge in [0.05, 0.1) is 18.8 Å². The number of amidine groups is 2. The lowest BCUT2D eigenvalue weighted by atomic mass is 9.83. The molecule has 0 radical (unpaired) electrons. The van der Waals surface area contributed by atoms with Gasteiger partial charge in [-0.2, -0.15) is 0 Å². The number of halogens is 1. The van der Waals surface area contributed by atoms with Gasteiger partial charge in [0.25, 0.3) is 0 Å². The Kier molecular flexibility index (Phi) is 10.4. The van der Waals surface area contributed by atoms with Crippen molar-refractivity contribution in [3.8, 4) is 0 Å². The second-order valence-corrected chi connectivity index (χ2v) is 5.82. The Labute approximate surface area is 166 Å². The van der Waals surface area contributed by atoms with Crippen molar-refractivity contribution in [1.29, 1.82) is 5.41 Å². The molecule has 160 valence electrons. The molecule has 2 unspecified atom stereocenters. The van der Waals surface area contributed by atoms with E-state index in [1.54, 1.807) is 18.5 Å². The number of carbonyl (C=O) groups is 1. The van der Waals surface area contributed by atoms with E-state index in [2.05, 4.69) is 15.3 Å². The summed E-state index contributed by atoms with van der Waals surface area (Å²) in [5, 5.41) is 44.8. The highest BCUT2D eigenvalue weighted by Gasteiger charge is 2.27. The van der Waals surface area contributed by atoms with Crippen molar-refractivity contribution in [3.63, 3.8) is 0 Å². The number of nitrogens with zero attached hydrogens (tertiary/aromatic N) is 2. The summed E-state index contributed by atoms with van der Waals surface area (Å²) in [6.07, 6.45) is 0.236. The standard InChI is InChI=1S/C13H16FN5O2.C4H9NO3/c1-2-16-12(18-20)11(15)13(19-21)17-10-5-7-3-4-8(14)6-9(7)10;6-2-4(8)1-5-3-7/h3-4,6,10,15,20-21H,2,5H2,1H3,(H,16,18)(H,17,19);3-4,6,8H,1-2H2,(H,5,7). The van der Waals surface area contributed by atoms with Crippen LogP contribution in [0.2, 0.25) is 0 Å². The van der Waals surface area contributed by atoms with Gasteiger partial charge in [-0.25, -0.2) is 4.39 Å². The van der Waals surface area contributed by atoms with Crippen LogP contribution in [0.4, 0.5) is 4.39 Å². The minimum absolute atomic E-state index is 0.111. The number of nitrogens with one attached hydrogen (secondary N) is 4. The second kappa shape index (κ2) is 12.5. The summed E-state index contributed by atoms with van der Waals surface area (Å²) < 4.78 is 13.2. The number of carbonyl (C=O) groups excluding carboxylic acids is 1. The summed E-state index contributed by atoms with van der Waals surface area (Å²) >= 11 is 0. The minimum Gasteiger partial charge on any atom is -0.394 e. The molecule has 1 aliphatic carbocycles. The van der Waals surface area contributed by atoms with Crippen LogP contribution >= 0.6 is 0 Å². The molecule has 1 aromatic carbocycles. The van der Waals surface area contributed by atoms with Gasteiger partial charge in [-0.05, 0) is 36.6 Å². The third kappa shape index (κ3) is 7.19. The summed E-state index contributed by atoms with van der Waals surface area (Å²) in [6, 6.07) is 4.12. The molecule has 0 aromatic heterocycles. The number of hydrogen-bond acceptors (Lipinski definition) is 8. The number of hydroxylamine groups is 2. The molecule has 8 N–H and O–H groups in total. The molecule has 2 rings (SSSR count). The fourth-order valence-corrected chi connectivity index (χ4v) is 2.36. The number of fused-ring (bicyclic) bond motifs is 1. The maximum absolute atomic E-state index is 13.2. The summed E-state index contributed by atoms with van der Waals surface area (Å²) in [7, 11) is 0. The van der Waals surface area contributed by atoms with Crippen molar-refractivity contribution < 1.29 is 29.8 Å². The van der Waals surface area contributed by atoms with E-state index in [0.717, 1.165) is 11.1 Å². The molecule has 0 fully saturated rings. The molecule has 0 heterocycles. The Hall–Kier alpha value is -2.93. The van der Waals surface area contributed by atoms with Crippen LogP contribution in [0.25, 0.3) is 0 Å². The molecule has 11 nitrogen and oxygen atoms in total. The lowest BCUT2D eigenvalue weighted by Gasteiger charge is -2.27. The van der Waals surface area contributed by atoms with Crippen LogP contribution in [0.1, 0.15) is 24.1 Å². The lowest BCUT2D eigenvalue weighted by Crippen LogP contribution is -2.40. The number of aliphatic hydroxyl groups is 2. The molecular weight excluding hydrogens is 387 g/mol. The fourth-order valence-electron chi connectivity index (χ4n) is 2.36. The van der Waals surface area contributed by atoms with Crippen LogP contribution in [-0.2, 0) is 11.2 Å². The number of rotatable bonds is 8. The van der Waals surface area contributed by atoms with E-state index < -0.39 is 6.10 Å². The third-order valence-electron chi connectivity index (χ3n) is 3.81. The van der Waals surface area contributed by atoms with Crippen molar-refractivity contribution in [2.75, 3.05) is 19.7 Å². The minimum atomic E-state index is -0.833. The zero-order chi connectivity index (χ0) is 21.8. The second-order valence-electron chi connectivity index (χ2n) is 5.82. The van der Waals surface area contributed by atoms with Crippen molar-refractivity contribution in [2.24, 2.45) is 9.98 Å². The van der Waals surface area contributed by atoms with E-state index in [1.165, 1.54) is 12.1 Å². The fraction of sp³-hybridized carbons (Fsp3) is 0.412. The zero-order valence-electron chi connectivity index (χ0n) is 15.8. The van der Waals surface area contributed by atoms with Crippen LogP contribution in [0, 0.1) is 11.2 Å². The van der Waals surface area contributed by atoms with Gasteiger partial charge in [-0.3, -0.25) is 41.6 Å². The van der Waals surface area contributed by atoms with E-state index >= 15 is 0 Å². The van der Waals surface area contributed by atoms with Gasteiger partial charge in [0.1, 0.15) is 11.5 Å². The maximum atomic E-state index is 13.2. The average Bonchev–Trinajstić information content (AvgIpc) is 2.72. The Morgan fingerprint density at radius 2 is 2.07 bits per heavy atom. The van der Waals surface area contributed by atoms with Gasteiger partial charge in [0.2, 0.25) is 6.41 Å². The molecule has 0 saturated carbocycles. The van der Waals surface area contributed by atoms with Crippen LogP contribution in [0.5, 0.6) is 0 Å². The normalized spacial score (nSPS) is 16.4. The number of amides is 1.